The van der Waals surface area contributed by atoms with Crippen LogP contribution >= 0.6 is 11.8 Å². The van der Waals surface area contributed by atoms with Gasteiger partial charge in [-0.3, -0.25) is 4.79 Å². The Labute approximate surface area is 104 Å². The van der Waals surface area contributed by atoms with E-state index in [1.54, 1.807) is 17.1 Å². The van der Waals surface area contributed by atoms with Gasteiger partial charge >= 0.3 is 12.0 Å². The Morgan fingerprint density at radius 1 is 1.29 bits per heavy atom. The Hall–Kier alpha value is -1.17. The lowest BCUT2D eigenvalue weighted by atomic mass is 10.1. The molecule has 1 aliphatic heterocycles. The zero-order valence-electron chi connectivity index (χ0n) is 9.46. The van der Waals surface area contributed by atoms with Crippen LogP contribution in [0.2, 0.25) is 0 Å². The van der Waals surface area contributed by atoms with Gasteiger partial charge in [0.05, 0.1) is 12.0 Å². The standard InChI is InChI=1S/C11H16N2O3S/c14-10(15)8-1-2-9(7-8)12-11(16)13-3-5-17-6-4-13/h1-2,8-9H,3-7H2,(H,12,16)(H,14,15). The summed E-state index contributed by atoms with van der Waals surface area (Å²) < 4.78 is 0. The summed E-state index contributed by atoms with van der Waals surface area (Å²) in [7, 11) is 0. The molecule has 1 fully saturated rings. The molecule has 5 nitrogen and oxygen atoms in total. The number of nitrogens with zero attached hydrogens (tertiary/aromatic N) is 1. The Kier molecular flexibility index (Phi) is 3.93. The topological polar surface area (TPSA) is 69.6 Å². The monoisotopic (exact) mass is 256 g/mol. The van der Waals surface area contributed by atoms with E-state index in [0.717, 1.165) is 24.6 Å². The maximum absolute atomic E-state index is 11.9. The largest absolute Gasteiger partial charge is 0.481 e. The molecule has 94 valence electrons. The maximum atomic E-state index is 11.9. The van der Waals surface area contributed by atoms with Crippen LogP contribution in [0.3, 0.4) is 0 Å². The number of aliphatic carboxylic acids is 1. The Balaban J connectivity index is 1.80. The van der Waals surface area contributed by atoms with Crippen LogP contribution in [-0.4, -0.2) is 52.6 Å². The van der Waals surface area contributed by atoms with E-state index in [1.165, 1.54) is 0 Å². The van der Waals surface area contributed by atoms with E-state index in [0.29, 0.717) is 6.42 Å². The van der Waals surface area contributed by atoms with Crippen molar-refractivity contribution in [2.45, 2.75) is 12.5 Å². The molecular weight excluding hydrogens is 240 g/mol. The van der Waals surface area contributed by atoms with Gasteiger partial charge in [-0.25, -0.2) is 4.79 Å². The first-order valence-corrected chi connectivity index (χ1v) is 6.86. The van der Waals surface area contributed by atoms with Crippen LogP contribution in [0.15, 0.2) is 12.2 Å². The highest BCUT2D eigenvalue weighted by atomic mass is 32.2. The van der Waals surface area contributed by atoms with Crippen LogP contribution < -0.4 is 5.32 Å². The number of carboxylic acids is 1. The molecule has 2 aliphatic rings. The molecule has 2 atom stereocenters. The van der Waals surface area contributed by atoms with Gasteiger partial charge in [0.2, 0.25) is 0 Å². The lowest BCUT2D eigenvalue weighted by molar-refractivity contribution is -0.140. The van der Waals surface area contributed by atoms with Gasteiger partial charge < -0.3 is 15.3 Å². The van der Waals surface area contributed by atoms with E-state index < -0.39 is 11.9 Å². The summed E-state index contributed by atoms with van der Waals surface area (Å²) in [5.74, 6) is 0.668. The molecule has 0 radical (unpaired) electrons. The average Bonchev–Trinajstić information content (AvgIpc) is 2.79. The van der Waals surface area contributed by atoms with Crippen molar-refractivity contribution in [2.24, 2.45) is 5.92 Å². The fraction of sp³-hybridized carbons (Fsp3) is 0.636. The number of thioether (sulfide) groups is 1. The van der Waals surface area contributed by atoms with E-state index in [9.17, 15) is 9.59 Å². The molecule has 2 unspecified atom stereocenters. The molecule has 0 spiro atoms. The smallest absolute Gasteiger partial charge is 0.317 e. The van der Waals surface area contributed by atoms with E-state index in [4.69, 9.17) is 5.11 Å². The lowest BCUT2D eigenvalue weighted by Gasteiger charge is -2.27. The van der Waals surface area contributed by atoms with Gasteiger partial charge in [0.1, 0.15) is 0 Å². The first-order valence-electron chi connectivity index (χ1n) is 5.71. The first kappa shape index (κ1) is 12.3. The van der Waals surface area contributed by atoms with Gasteiger partial charge in [-0.1, -0.05) is 12.2 Å². The minimum atomic E-state index is -0.827. The molecule has 0 aromatic carbocycles. The molecule has 2 rings (SSSR count). The lowest BCUT2D eigenvalue weighted by Crippen LogP contribution is -2.47. The summed E-state index contributed by atoms with van der Waals surface area (Å²) in [5.41, 5.74) is 0. The molecule has 1 aliphatic carbocycles. The zero-order chi connectivity index (χ0) is 12.3. The second-order valence-corrected chi connectivity index (χ2v) is 5.45. The van der Waals surface area contributed by atoms with Crippen molar-refractivity contribution >= 4 is 23.8 Å². The minimum absolute atomic E-state index is 0.0778. The molecule has 1 heterocycles. The van der Waals surface area contributed by atoms with Crippen molar-refractivity contribution in [3.05, 3.63) is 12.2 Å². The van der Waals surface area contributed by atoms with Crippen LogP contribution in [0.4, 0.5) is 4.79 Å². The molecule has 1 saturated heterocycles. The summed E-state index contributed by atoms with van der Waals surface area (Å²) in [6, 6.07) is -0.218. The number of carbonyl (C=O) groups excluding carboxylic acids is 1. The van der Waals surface area contributed by atoms with Gasteiger partial charge in [0, 0.05) is 24.6 Å². The van der Waals surface area contributed by atoms with Gasteiger partial charge in [-0.05, 0) is 6.42 Å². The Morgan fingerprint density at radius 2 is 2.00 bits per heavy atom. The first-order chi connectivity index (χ1) is 8.16. The van der Waals surface area contributed by atoms with Gasteiger partial charge in [0.25, 0.3) is 0 Å². The van der Waals surface area contributed by atoms with E-state index in [2.05, 4.69) is 5.32 Å². The summed E-state index contributed by atoms with van der Waals surface area (Å²) in [6.07, 6.45) is 3.89. The third-order valence-electron chi connectivity index (χ3n) is 3.01. The quantitative estimate of drug-likeness (QED) is 0.716. The van der Waals surface area contributed by atoms with Crippen molar-refractivity contribution in [1.29, 1.82) is 0 Å². The van der Waals surface area contributed by atoms with Crippen molar-refractivity contribution in [1.82, 2.24) is 10.2 Å². The van der Waals surface area contributed by atoms with Gasteiger partial charge in [-0.2, -0.15) is 11.8 Å². The molecular formula is C11H16N2O3S. The average molecular weight is 256 g/mol. The molecule has 6 heteroatoms. The van der Waals surface area contributed by atoms with Crippen LogP contribution in [0.1, 0.15) is 6.42 Å². The number of urea groups is 1. The molecule has 0 saturated carbocycles. The highest BCUT2D eigenvalue weighted by Crippen LogP contribution is 2.18. The second kappa shape index (κ2) is 5.44. The maximum Gasteiger partial charge on any atom is 0.317 e. The minimum Gasteiger partial charge on any atom is -0.481 e. The van der Waals surface area contributed by atoms with Gasteiger partial charge in [0.15, 0.2) is 0 Å². The van der Waals surface area contributed by atoms with E-state index in [-0.39, 0.29) is 12.1 Å². The fourth-order valence-corrected chi connectivity index (χ4v) is 2.91. The van der Waals surface area contributed by atoms with Crippen molar-refractivity contribution < 1.29 is 14.7 Å². The Bertz CT molecular complexity index is 340. The number of rotatable bonds is 2. The third-order valence-corrected chi connectivity index (χ3v) is 3.95. The number of nitrogens with one attached hydrogen (secondary N) is 1. The molecule has 17 heavy (non-hydrogen) atoms. The summed E-state index contributed by atoms with van der Waals surface area (Å²) in [4.78, 5) is 24.4. The number of amides is 2. The second-order valence-electron chi connectivity index (χ2n) is 4.22. The van der Waals surface area contributed by atoms with Crippen LogP contribution in [-0.2, 0) is 4.79 Å². The number of carbonyl (C=O) groups is 2. The molecule has 2 amide bonds. The van der Waals surface area contributed by atoms with Crippen LogP contribution in [0.25, 0.3) is 0 Å². The number of hydrogen-bond donors (Lipinski definition) is 2. The summed E-state index contributed by atoms with van der Waals surface area (Å²) in [5, 5.41) is 11.7. The Morgan fingerprint density at radius 3 is 2.59 bits per heavy atom. The number of carboxylic acid groups (broad SMARTS) is 1. The SMILES string of the molecule is O=C(O)C1C=CC(NC(=O)N2CCSCC2)C1. The molecule has 0 aromatic rings. The number of hydrogen-bond acceptors (Lipinski definition) is 3. The summed E-state index contributed by atoms with van der Waals surface area (Å²) in [6.45, 7) is 1.55. The zero-order valence-corrected chi connectivity index (χ0v) is 10.3. The predicted molar refractivity (Wildman–Crippen MR) is 66.1 cm³/mol. The molecule has 0 aromatic heterocycles. The highest BCUT2D eigenvalue weighted by molar-refractivity contribution is 7.99. The molecule has 2 N–H and O–H groups in total. The van der Waals surface area contributed by atoms with Crippen LogP contribution in [0.5, 0.6) is 0 Å². The molecule has 0 bridgehead atoms. The predicted octanol–water partition coefficient (Wildman–Crippen LogP) is 0.774. The van der Waals surface area contributed by atoms with Crippen molar-refractivity contribution in [3.63, 3.8) is 0 Å². The van der Waals surface area contributed by atoms with E-state index >= 15 is 0 Å². The van der Waals surface area contributed by atoms with E-state index in [1.807, 2.05) is 11.8 Å². The highest BCUT2D eigenvalue weighted by Gasteiger charge is 2.27. The van der Waals surface area contributed by atoms with Crippen molar-refractivity contribution in [3.8, 4) is 0 Å². The van der Waals surface area contributed by atoms with Crippen LogP contribution in [0, 0.1) is 5.92 Å². The van der Waals surface area contributed by atoms with Gasteiger partial charge in [-0.15, -0.1) is 0 Å². The summed E-state index contributed by atoms with van der Waals surface area (Å²) >= 11 is 1.85. The third kappa shape index (κ3) is 3.15. The fourth-order valence-electron chi connectivity index (χ4n) is 2.01. The normalized spacial score (nSPS) is 28.1. The van der Waals surface area contributed by atoms with Crippen molar-refractivity contribution in [2.75, 3.05) is 24.6 Å².